The normalized spacial score (nSPS) is 17.1. The topological polar surface area (TPSA) is 69.7 Å². The summed E-state index contributed by atoms with van der Waals surface area (Å²) in [4.78, 5) is 23.0. The van der Waals surface area contributed by atoms with Gasteiger partial charge in [0.2, 0.25) is 5.91 Å². The fourth-order valence-corrected chi connectivity index (χ4v) is 1.18. The van der Waals surface area contributed by atoms with Crippen molar-refractivity contribution >= 4 is 11.9 Å². The average Bonchev–Trinajstić information content (AvgIpc) is 2.15. The Kier molecular flexibility index (Phi) is 3.70. The summed E-state index contributed by atoms with van der Waals surface area (Å²) in [5.41, 5.74) is 0. The summed E-state index contributed by atoms with van der Waals surface area (Å²) in [6, 6.07) is 0. The minimum atomic E-state index is -1.18. The maximum Gasteiger partial charge on any atom is 0.223 e. The first-order valence-corrected chi connectivity index (χ1v) is 4.25. The third-order valence-electron chi connectivity index (χ3n) is 1.91. The second-order valence-electron chi connectivity index (χ2n) is 2.87. The molecule has 0 saturated carbocycles. The predicted molar refractivity (Wildman–Crippen MR) is 41.6 cm³/mol. The van der Waals surface area contributed by atoms with Crippen molar-refractivity contribution < 1.29 is 19.4 Å². The third-order valence-corrected chi connectivity index (χ3v) is 1.91. The fraction of sp³-hybridized carbons (Fsp3) is 0.750. The molecule has 13 heavy (non-hydrogen) atoms. The lowest BCUT2D eigenvalue weighted by Crippen LogP contribution is -2.41. The van der Waals surface area contributed by atoms with Crippen molar-refractivity contribution in [3.8, 4) is 0 Å². The van der Waals surface area contributed by atoms with Crippen LogP contribution in [0.4, 0.5) is 0 Å². The van der Waals surface area contributed by atoms with Gasteiger partial charge in [-0.15, -0.1) is 0 Å². The molecule has 0 aromatic rings. The number of hydrogen-bond donors (Lipinski definition) is 0. The summed E-state index contributed by atoms with van der Waals surface area (Å²) in [5.74, 6) is -1.31. The van der Waals surface area contributed by atoms with Gasteiger partial charge in [-0.25, -0.2) is 0 Å². The average molecular weight is 186 g/mol. The molecule has 1 heterocycles. The van der Waals surface area contributed by atoms with E-state index < -0.39 is 5.97 Å². The lowest BCUT2D eigenvalue weighted by Gasteiger charge is -2.26. The fourth-order valence-electron chi connectivity index (χ4n) is 1.18. The zero-order chi connectivity index (χ0) is 9.68. The number of aliphatic carboxylic acids is 1. The number of morpholine rings is 1. The molecule has 0 spiro atoms. The van der Waals surface area contributed by atoms with Gasteiger partial charge in [-0.3, -0.25) is 4.79 Å². The number of carboxylic acid groups (broad SMARTS) is 1. The van der Waals surface area contributed by atoms with Crippen LogP contribution in [0.3, 0.4) is 0 Å². The van der Waals surface area contributed by atoms with E-state index in [9.17, 15) is 14.7 Å². The molecule has 0 aromatic heterocycles. The minimum absolute atomic E-state index is 0.0301. The molecule has 1 saturated heterocycles. The lowest BCUT2D eigenvalue weighted by atomic mass is 10.2. The summed E-state index contributed by atoms with van der Waals surface area (Å²) in [6.07, 6.45) is -0.168. The SMILES string of the molecule is O=C([O-])CCC(=O)N1CCOCC1. The van der Waals surface area contributed by atoms with E-state index in [1.807, 2.05) is 0 Å². The Morgan fingerprint density at radius 1 is 1.23 bits per heavy atom. The molecule has 1 aliphatic heterocycles. The van der Waals surface area contributed by atoms with Gasteiger partial charge in [0.05, 0.1) is 13.2 Å². The van der Waals surface area contributed by atoms with Crippen molar-refractivity contribution in [2.45, 2.75) is 12.8 Å². The molecule has 0 aliphatic carbocycles. The molecule has 0 atom stereocenters. The largest absolute Gasteiger partial charge is 0.550 e. The van der Waals surface area contributed by atoms with E-state index in [1.54, 1.807) is 4.90 Å². The number of amides is 1. The molecule has 0 N–H and O–H groups in total. The van der Waals surface area contributed by atoms with Gasteiger partial charge in [0, 0.05) is 25.5 Å². The Bertz CT molecular complexity index is 198. The number of ether oxygens (including phenoxy) is 1. The van der Waals surface area contributed by atoms with Crippen molar-refractivity contribution in [1.82, 2.24) is 4.90 Å². The quantitative estimate of drug-likeness (QED) is 0.531. The highest BCUT2D eigenvalue weighted by molar-refractivity contribution is 5.80. The number of rotatable bonds is 3. The van der Waals surface area contributed by atoms with E-state index >= 15 is 0 Å². The lowest BCUT2D eigenvalue weighted by molar-refractivity contribution is -0.305. The summed E-state index contributed by atoms with van der Waals surface area (Å²) in [6.45, 7) is 2.20. The van der Waals surface area contributed by atoms with E-state index in [2.05, 4.69) is 0 Å². The van der Waals surface area contributed by atoms with Gasteiger partial charge < -0.3 is 19.5 Å². The zero-order valence-electron chi connectivity index (χ0n) is 7.32. The summed E-state index contributed by atoms with van der Waals surface area (Å²) in [5, 5.41) is 10.1. The van der Waals surface area contributed by atoms with Crippen molar-refractivity contribution in [2.24, 2.45) is 0 Å². The molecule has 5 heteroatoms. The number of carbonyl (C=O) groups excluding carboxylic acids is 2. The van der Waals surface area contributed by atoms with Crippen molar-refractivity contribution in [3.63, 3.8) is 0 Å². The molecule has 1 rings (SSSR count). The minimum Gasteiger partial charge on any atom is -0.550 e. The van der Waals surface area contributed by atoms with Gasteiger partial charge in [0.25, 0.3) is 0 Å². The van der Waals surface area contributed by atoms with E-state index in [4.69, 9.17) is 4.74 Å². The standard InChI is InChI=1S/C8H13NO4/c10-7(1-2-8(11)12)9-3-5-13-6-4-9/h1-6H2,(H,11,12)/p-1. The van der Waals surface area contributed by atoms with Crippen LogP contribution in [-0.2, 0) is 14.3 Å². The Morgan fingerprint density at radius 3 is 2.38 bits per heavy atom. The highest BCUT2D eigenvalue weighted by Gasteiger charge is 2.15. The molecule has 0 bridgehead atoms. The van der Waals surface area contributed by atoms with Gasteiger partial charge in [-0.1, -0.05) is 0 Å². The molecule has 5 nitrogen and oxygen atoms in total. The Balaban J connectivity index is 2.25. The smallest absolute Gasteiger partial charge is 0.223 e. The van der Waals surface area contributed by atoms with Crippen LogP contribution in [0, 0.1) is 0 Å². The first-order valence-electron chi connectivity index (χ1n) is 4.25. The first kappa shape index (κ1) is 9.98. The number of hydrogen-bond acceptors (Lipinski definition) is 4. The van der Waals surface area contributed by atoms with Crippen LogP contribution in [0.2, 0.25) is 0 Å². The molecule has 1 amide bonds. The molecular formula is C8H12NO4-. The molecule has 1 aliphatic rings. The number of carbonyl (C=O) groups is 2. The van der Waals surface area contributed by atoms with Crippen LogP contribution in [0.25, 0.3) is 0 Å². The highest BCUT2D eigenvalue weighted by Crippen LogP contribution is 2.01. The number of nitrogens with zero attached hydrogens (tertiary/aromatic N) is 1. The second-order valence-corrected chi connectivity index (χ2v) is 2.87. The van der Waals surface area contributed by atoms with Gasteiger partial charge in [-0.2, -0.15) is 0 Å². The molecule has 1 fully saturated rings. The Morgan fingerprint density at radius 2 is 1.85 bits per heavy atom. The summed E-state index contributed by atoms with van der Waals surface area (Å²) < 4.78 is 5.05. The van der Waals surface area contributed by atoms with Crippen LogP contribution < -0.4 is 5.11 Å². The zero-order valence-corrected chi connectivity index (χ0v) is 7.32. The van der Waals surface area contributed by atoms with E-state index in [0.717, 1.165) is 0 Å². The van der Waals surface area contributed by atoms with Gasteiger partial charge >= 0.3 is 0 Å². The van der Waals surface area contributed by atoms with Crippen molar-refractivity contribution in [2.75, 3.05) is 26.3 Å². The molecular weight excluding hydrogens is 174 g/mol. The van der Waals surface area contributed by atoms with E-state index in [1.165, 1.54) is 0 Å². The third kappa shape index (κ3) is 3.42. The van der Waals surface area contributed by atoms with Gasteiger partial charge in [0.1, 0.15) is 0 Å². The highest BCUT2D eigenvalue weighted by atomic mass is 16.5. The van der Waals surface area contributed by atoms with Crippen LogP contribution in [0.5, 0.6) is 0 Å². The second kappa shape index (κ2) is 4.81. The first-order chi connectivity index (χ1) is 6.20. The summed E-state index contributed by atoms with van der Waals surface area (Å²) >= 11 is 0. The molecule has 0 unspecified atom stereocenters. The van der Waals surface area contributed by atoms with Crippen LogP contribution in [0.1, 0.15) is 12.8 Å². The van der Waals surface area contributed by atoms with Gasteiger partial charge in [-0.05, 0) is 6.42 Å². The number of carboxylic acids is 1. The predicted octanol–water partition coefficient (Wildman–Crippen LogP) is -1.62. The van der Waals surface area contributed by atoms with Crippen molar-refractivity contribution in [3.05, 3.63) is 0 Å². The Hall–Kier alpha value is -1.10. The van der Waals surface area contributed by atoms with Gasteiger partial charge in [0.15, 0.2) is 0 Å². The maximum atomic E-state index is 11.3. The summed E-state index contributed by atoms with van der Waals surface area (Å²) in [7, 11) is 0. The molecule has 74 valence electrons. The van der Waals surface area contributed by atoms with Crippen LogP contribution in [0.15, 0.2) is 0 Å². The molecule has 0 radical (unpaired) electrons. The van der Waals surface area contributed by atoms with Crippen LogP contribution in [-0.4, -0.2) is 43.1 Å². The monoisotopic (exact) mass is 186 g/mol. The van der Waals surface area contributed by atoms with Crippen LogP contribution >= 0.6 is 0 Å². The van der Waals surface area contributed by atoms with E-state index in [-0.39, 0.29) is 18.7 Å². The maximum absolute atomic E-state index is 11.3. The molecule has 0 aromatic carbocycles. The van der Waals surface area contributed by atoms with Crippen molar-refractivity contribution in [1.29, 1.82) is 0 Å². The Labute approximate surface area is 76.3 Å². The van der Waals surface area contributed by atoms with E-state index in [0.29, 0.717) is 26.3 Å².